The van der Waals surface area contributed by atoms with Crippen LogP contribution in [0.2, 0.25) is 0 Å². The van der Waals surface area contributed by atoms with E-state index in [0.717, 1.165) is 5.69 Å². The molecule has 0 unspecified atom stereocenters. The van der Waals surface area contributed by atoms with Crippen LogP contribution in [0, 0.1) is 0 Å². The van der Waals surface area contributed by atoms with E-state index in [1.54, 1.807) is 12.3 Å². The van der Waals surface area contributed by atoms with E-state index in [1.165, 1.54) is 32.1 Å². The minimum absolute atomic E-state index is 0.0722. The number of carbonyl (C=O) groups excluding carboxylic acids is 1. The lowest BCUT2D eigenvalue weighted by Crippen LogP contribution is -2.39. The first-order valence-electron chi connectivity index (χ1n) is 7.63. The maximum Gasteiger partial charge on any atom is 0.180 e. The Labute approximate surface area is 120 Å². The molecular formula is C16H24N2O2. The molecule has 1 aromatic rings. The molecule has 1 saturated carbocycles. The van der Waals surface area contributed by atoms with Gasteiger partial charge in [0.25, 0.3) is 0 Å². The molecule has 0 aromatic carbocycles. The van der Waals surface area contributed by atoms with Crippen LogP contribution in [-0.2, 0) is 0 Å². The Morgan fingerprint density at radius 3 is 2.65 bits per heavy atom. The van der Waals surface area contributed by atoms with Gasteiger partial charge < -0.3 is 10.0 Å². The molecule has 1 fully saturated rings. The predicted octanol–water partition coefficient (Wildman–Crippen LogP) is 2.81. The highest BCUT2D eigenvalue weighted by molar-refractivity contribution is 5.94. The second-order valence-electron chi connectivity index (χ2n) is 5.39. The van der Waals surface area contributed by atoms with E-state index in [0.29, 0.717) is 24.7 Å². The summed E-state index contributed by atoms with van der Waals surface area (Å²) in [7, 11) is 0. The largest absolute Gasteiger partial charge is 0.395 e. The summed E-state index contributed by atoms with van der Waals surface area (Å²) >= 11 is 0. The van der Waals surface area contributed by atoms with Gasteiger partial charge in [0, 0.05) is 19.0 Å². The molecule has 0 bridgehead atoms. The van der Waals surface area contributed by atoms with Crippen molar-refractivity contribution in [3.8, 4) is 0 Å². The van der Waals surface area contributed by atoms with Crippen molar-refractivity contribution in [2.24, 2.45) is 0 Å². The molecule has 1 N–H and O–H groups in total. The van der Waals surface area contributed by atoms with Crippen molar-refractivity contribution in [1.82, 2.24) is 4.98 Å². The van der Waals surface area contributed by atoms with Gasteiger partial charge in [-0.05, 0) is 25.0 Å². The van der Waals surface area contributed by atoms with E-state index >= 15 is 0 Å². The zero-order valence-corrected chi connectivity index (χ0v) is 12.2. The summed E-state index contributed by atoms with van der Waals surface area (Å²) in [6.07, 6.45) is 8.43. The van der Waals surface area contributed by atoms with Crippen molar-refractivity contribution in [3.63, 3.8) is 0 Å². The lowest BCUT2D eigenvalue weighted by atomic mass is 9.94. The number of anilines is 1. The first-order valence-corrected chi connectivity index (χ1v) is 7.63. The van der Waals surface area contributed by atoms with Crippen LogP contribution in [0.25, 0.3) is 0 Å². The van der Waals surface area contributed by atoms with E-state index in [2.05, 4.69) is 9.88 Å². The summed E-state index contributed by atoms with van der Waals surface area (Å²) in [4.78, 5) is 18.1. The average Bonchev–Trinajstić information content (AvgIpc) is 2.53. The minimum Gasteiger partial charge on any atom is -0.395 e. The van der Waals surface area contributed by atoms with E-state index < -0.39 is 0 Å². The number of pyridine rings is 1. The number of Topliss-reactive ketones (excluding diaryl/α,β-unsaturated/α-hetero) is 1. The maximum atomic E-state index is 11.6. The van der Waals surface area contributed by atoms with Gasteiger partial charge in [-0.15, -0.1) is 0 Å². The van der Waals surface area contributed by atoms with Gasteiger partial charge in [0.05, 0.1) is 18.5 Å². The number of carbonyl (C=O) groups is 1. The van der Waals surface area contributed by atoms with Crippen LogP contribution in [-0.4, -0.2) is 35.1 Å². The van der Waals surface area contributed by atoms with Crippen molar-refractivity contribution >= 4 is 11.5 Å². The molecule has 1 aromatic heterocycles. The van der Waals surface area contributed by atoms with Crippen LogP contribution >= 0.6 is 0 Å². The molecule has 20 heavy (non-hydrogen) atoms. The maximum absolute atomic E-state index is 11.6. The summed E-state index contributed by atoms with van der Waals surface area (Å²) in [6, 6.07) is 4.25. The number of aliphatic hydroxyl groups is 1. The number of ketones is 1. The summed E-state index contributed by atoms with van der Waals surface area (Å²) in [5, 5.41) is 9.29. The molecule has 0 radical (unpaired) electrons. The van der Waals surface area contributed by atoms with Crippen LogP contribution in [0.4, 0.5) is 5.69 Å². The van der Waals surface area contributed by atoms with E-state index in [9.17, 15) is 9.90 Å². The highest BCUT2D eigenvalue weighted by atomic mass is 16.3. The smallest absolute Gasteiger partial charge is 0.180 e. The van der Waals surface area contributed by atoms with Crippen LogP contribution in [0.1, 0.15) is 55.9 Å². The average molecular weight is 276 g/mol. The molecule has 0 spiro atoms. The zero-order chi connectivity index (χ0) is 14.4. The van der Waals surface area contributed by atoms with Gasteiger partial charge in [0.2, 0.25) is 0 Å². The fourth-order valence-corrected chi connectivity index (χ4v) is 2.92. The predicted molar refractivity (Wildman–Crippen MR) is 80.2 cm³/mol. The number of aliphatic hydroxyl groups excluding tert-OH is 1. The SMILES string of the molecule is CCC(=O)c1ccc(N(CCO)C2CCCCC2)cn1. The summed E-state index contributed by atoms with van der Waals surface area (Å²) in [5.41, 5.74) is 1.54. The highest BCUT2D eigenvalue weighted by Gasteiger charge is 2.21. The van der Waals surface area contributed by atoms with Crippen molar-refractivity contribution in [2.45, 2.75) is 51.5 Å². The second-order valence-corrected chi connectivity index (χ2v) is 5.39. The van der Waals surface area contributed by atoms with Gasteiger partial charge >= 0.3 is 0 Å². The first kappa shape index (κ1) is 15.0. The van der Waals surface area contributed by atoms with Crippen molar-refractivity contribution in [1.29, 1.82) is 0 Å². The monoisotopic (exact) mass is 276 g/mol. The van der Waals surface area contributed by atoms with Gasteiger partial charge in [0.1, 0.15) is 5.69 Å². The number of nitrogens with zero attached hydrogens (tertiary/aromatic N) is 2. The van der Waals surface area contributed by atoms with Gasteiger partial charge in [-0.3, -0.25) is 9.78 Å². The molecule has 1 aliphatic rings. The molecule has 4 nitrogen and oxygen atoms in total. The van der Waals surface area contributed by atoms with Gasteiger partial charge in [0.15, 0.2) is 5.78 Å². The normalized spacial score (nSPS) is 16.1. The lowest BCUT2D eigenvalue weighted by Gasteiger charge is -2.35. The highest BCUT2D eigenvalue weighted by Crippen LogP contribution is 2.26. The first-order chi connectivity index (χ1) is 9.76. The van der Waals surface area contributed by atoms with Crippen LogP contribution in [0.3, 0.4) is 0 Å². The molecule has 2 rings (SSSR count). The zero-order valence-electron chi connectivity index (χ0n) is 12.2. The molecule has 110 valence electrons. The Morgan fingerprint density at radius 1 is 1.35 bits per heavy atom. The molecule has 1 heterocycles. The standard InChI is InChI=1S/C16H24N2O2/c1-2-16(20)15-9-8-14(12-17-15)18(10-11-19)13-6-4-3-5-7-13/h8-9,12-13,19H,2-7,10-11H2,1H3. The Bertz CT molecular complexity index is 425. The van der Waals surface area contributed by atoms with Crippen molar-refractivity contribution < 1.29 is 9.90 Å². The second kappa shape index (κ2) is 7.39. The molecule has 0 amide bonds. The number of hydrogen-bond donors (Lipinski definition) is 1. The quantitative estimate of drug-likeness (QED) is 0.812. The van der Waals surface area contributed by atoms with Crippen LogP contribution < -0.4 is 4.90 Å². The van der Waals surface area contributed by atoms with Crippen molar-refractivity contribution in [2.75, 3.05) is 18.1 Å². The Kier molecular flexibility index (Phi) is 5.53. The Balaban J connectivity index is 2.13. The minimum atomic E-state index is 0.0722. The summed E-state index contributed by atoms with van der Waals surface area (Å²) in [6.45, 7) is 2.62. The van der Waals surface area contributed by atoms with Gasteiger partial charge in [-0.25, -0.2) is 0 Å². The fraction of sp³-hybridized carbons (Fsp3) is 0.625. The third-order valence-corrected chi connectivity index (χ3v) is 4.04. The Morgan fingerprint density at radius 2 is 2.10 bits per heavy atom. The lowest BCUT2D eigenvalue weighted by molar-refractivity contribution is 0.0983. The van der Waals surface area contributed by atoms with Crippen LogP contribution in [0.5, 0.6) is 0 Å². The van der Waals surface area contributed by atoms with Gasteiger partial charge in [-0.2, -0.15) is 0 Å². The molecule has 1 aliphatic carbocycles. The summed E-state index contributed by atoms with van der Waals surface area (Å²) in [5.74, 6) is 0.0722. The van der Waals surface area contributed by atoms with Crippen LogP contribution in [0.15, 0.2) is 18.3 Å². The Hall–Kier alpha value is -1.42. The molecule has 0 aliphatic heterocycles. The number of rotatable bonds is 6. The third-order valence-electron chi connectivity index (χ3n) is 4.04. The molecule has 0 saturated heterocycles. The van der Waals surface area contributed by atoms with Gasteiger partial charge in [-0.1, -0.05) is 26.2 Å². The van der Waals surface area contributed by atoms with E-state index in [1.807, 2.05) is 13.0 Å². The van der Waals surface area contributed by atoms with E-state index in [-0.39, 0.29) is 12.4 Å². The number of aromatic nitrogens is 1. The third kappa shape index (κ3) is 3.57. The molecular weight excluding hydrogens is 252 g/mol. The number of hydrogen-bond acceptors (Lipinski definition) is 4. The molecule has 0 atom stereocenters. The van der Waals surface area contributed by atoms with E-state index in [4.69, 9.17) is 0 Å². The summed E-state index contributed by atoms with van der Waals surface area (Å²) < 4.78 is 0. The molecule has 4 heteroatoms. The van der Waals surface area contributed by atoms with Crippen molar-refractivity contribution in [3.05, 3.63) is 24.0 Å². The fourth-order valence-electron chi connectivity index (χ4n) is 2.92. The topological polar surface area (TPSA) is 53.4 Å².